The largest absolute Gasteiger partial charge is 0.497 e. The van der Waals surface area contributed by atoms with E-state index in [1.807, 2.05) is 30.3 Å². The minimum atomic E-state index is 0.733. The number of rotatable bonds is 2. The Morgan fingerprint density at radius 3 is 2.62 bits per heavy atom. The van der Waals surface area contributed by atoms with Crippen molar-refractivity contribution in [1.82, 2.24) is 0 Å². The number of nitrogens with zero attached hydrogens (tertiary/aromatic N) is 2. The lowest BCUT2D eigenvalue weighted by atomic mass is 9.97. The summed E-state index contributed by atoms with van der Waals surface area (Å²) in [5, 5.41) is 11.5. The second kappa shape index (κ2) is 5.90. The molecule has 3 heteroatoms. The van der Waals surface area contributed by atoms with Gasteiger partial charge in [-0.1, -0.05) is 30.3 Å². The van der Waals surface area contributed by atoms with Crippen molar-refractivity contribution in [3.05, 3.63) is 71.3 Å². The standard InChI is InChI=1S/C21H18N2O/c1-24-18-8-6-17-14-23(11-10-15(17)12-18)21-9-7-16(13-22)19-4-2-3-5-20(19)21/h2-9,12H,10-11,14H2,1H3. The first-order valence-electron chi connectivity index (χ1n) is 8.13. The highest BCUT2D eigenvalue weighted by Crippen LogP contribution is 2.33. The molecule has 1 aliphatic heterocycles. The van der Waals surface area contributed by atoms with Gasteiger partial charge in [0.05, 0.1) is 18.7 Å². The number of hydrogen-bond donors (Lipinski definition) is 0. The molecular formula is C21H18N2O. The third-order valence-electron chi connectivity index (χ3n) is 4.79. The van der Waals surface area contributed by atoms with Crippen molar-refractivity contribution < 1.29 is 4.74 Å². The van der Waals surface area contributed by atoms with Crippen molar-refractivity contribution in [2.24, 2.45) is 0 Å². The van der Waals surface area contributed by atoms with Gasteiger partial charge in [0.1, 0.15) is 5.75 Å². The van der Waals surface area contributed by atoms with Crippen LogP contribution in [0.15, 0.2) is 54.6 Å². The quantitative estimate of drug-likeness (QED) is 0.708. The zero-order chi connectivity index (χ0) is 16.5. The van der Waals surface area contributed by atoms with Crippen molar-refractivity contribution in [2.45, 2.75) is 13.0 Å². The van der Waals surface area contributed by atoms with Crippen LogP contribution in [0, 0.1) is 11.3 Å². The smallest absolute Gasteiger partial charge is 0.119 e. The fraction of sp³-hybridized carbons (Fsp3) is 0.190. The minimum absolute atomic E-state index is 0.733. The summed E-state index contributed by atoms with van der Waals surface area (Å²) in [7, 11) is 1.71. The molecule has 0 spiro atoms. The lowest BCUT2D eigenvalue weighted by Gasteiger charge is -2.32. The van der Waals surface area contributed by atoms with E-state index < -0.39 is 0 Å². The van der Waals surface area contributed by atoms with Gasteiger partial charge in [-0.15, -0.1) is 0 Å². The zero-order valence-electron chi connectivity index (χ0n) is 13.6. The summed E-state index contributed by atoms with van der Waals surface area (Å²) in [5.74, 6) is 0.922. The molecular weight excluding hydrogens is 296 g/mol. The molecule has 0 amide bonds. The molecule has 0 saturated carbocycles. The molecule has 0 N–H and O–H groups in total. The Labute approximate surface area is 141 Å². The molecule has 118 valence electrons. The van der Waals surface area contributed by atoms with Gasteiger partial charge in [-0.05, 0) is 41.8 Å². The van der Waals surface area contributed by atoms with Gasteiger partial charge in [0.25, 0.3) is 0 Å². The van der Waals surface area contributed by atoms with Crippen molar-refractivity contribution >= 4 is 16.5 Å². The Morgan fingerprint density at radius 2 is 1.83 bits per heavy atom. The van der Waals surface area contributed by atoms with E-state index in [0.717, 1.165) is 41.6 Å². The van der Waals surface area contributed by atoms with Crippen molar-refractivity contribution in [3.63, 3.8) is 0 Å². The van der Waals surface area contributed by atoms with Crippen LogP contribution in [0.5, 0.6) is 5.75 Å². The third kappa shape index (κ3) is 2.37. The van der Waals surface area contributed by atoms with Crippen LogP contribution in [0.4, 0.5) is 5.69 Å². The van der Waals surface area contributed by atoms with E-state index in [2.05, 4.69) is 35.2 Å². The molecule has 3 aromatic rings. The van der Waals surface area contributed by atoms with Gasteiger partial charge in [-0.25, -0.2) is 0 Å². The molecule has 0 atom stereocenters. The number of nitriles is 1. The first-order valence-corrected chi connectivity index (χ1v) is 8.13. The lowest BCUT2D eigenvalue weighted by molar-refractivity contribution is 0.414. The van der Waals surface area contributed by atoms with Crippen molar-refractivity contribution in [1.29, 1.82) is 5.26 Å². The van der Waals surface area contributed by atoms with Crippen LogP contribution in [0.3, 0.4) is 0 Å². The molecule has 4 rings (SSSR count). The van der Waals surface area contributed by atoms with E-state index in [-0.39, 0.29) is 0 Å². The maximum absolute atomic E-state index is 9.34. The van der Waals surface area contributed by atoms with Crippen LogP contribution in [0.25, 0.3) is 10.8 Å². The molecule has 0 bridgehead atoms. The molecule has 0 aromatic heterocycles. The molecule has 24 heavy (non-hydrogen) atoms. The monoisotopic (exact) mass is 314 g/mol. The summed E-state index contributed by atoms with van der Waals surface area (Å²) in [6.45, 7) is 1.85. The Bertz CT molecular complexity index is 956. The predicted octanol–water partition coefficient (Wildman–Crippen LogP) is 4.28. The molecule has 0 aliphatic carbocycles. The Morgan fingerprint density at radius 1 is 1.00 bits per heavy atom. The highest BCUT2D eigenvalue weighted by Gasteiger charge is 2.19. The molecule has 0 unspecified atom stereocenters. The number of fused-ring (bicyclic) bond motifs is 2. The summed E-state index contributed by atoms with van der Waals surface area (Å²) in [5.41, 5.74) is 4.64. The number of anilines is 1. The summed E-state index contributed by atoms with van der Waals surface area (Å²) >= 11 is 0. The van der Waals surface area contributed by atoms with Crippen LogP contribution in [-0.2, 0) is 13.0 Å². The van der Waals surface area contributed by atoms with E-state index in [9.17, 15) is 5.26 Å². The fourth-order valence-corrected chi connectivity index (χ4v) is 3.52. The van der Waals surface area contributed by atoms with Gasteiger partial charge in [-0.2, -0.15) is 5.26 Å². The predicted molar refractivity (Wildman–Crippen MR) is 96.4 cm³/mol. The van der Waals surface area contributed by atoms with Gasteiger partial charge in [-0.3, -0.25) is 0 Å². The van der Waals surface area contributed by atoms with Gasteiger partial charge in [0.2, 0.25) is 0 Å². The third-order valence-corrected chi connectivity index (χ3v) is 4.79. The second-order valence-electron chi connectivity index (χ2n) is 6.10. The Kier molecular flexibility index (Phi) is 3.59. The molecule has 3 nitrogen and oxygen atoms in total. The molecule has 0 fully saturated rings. The number of ether oxygens (including phenoxy) is 1. The van der Waals surface area contributed by atoms with Crippen LogP contribution in [-0.4, -0.2) is 13.7 Å². The number of methoxy groups -OCH3 is 1. The summed E-state index contributed by atoms with van der Waals surface area (Å²) in [6, 6.07) is 20.8. The maximum Gasteiger partial charge on any atom is 0.119 e. The number of benzene rings is 3. The van der Waals surface area contributed by atoms with Gasteiger partial charge >= 0.3 is 0 Å². The first kappa shape index (κ1) is 14.6. The minimum Gasteiger partial charge on any atom is -0.497 e. The Balaban J connectivity index is 1.75. The first-order chi connectivity index (χ1) is 11.8. The van der Waals surface area contributed by atoms with Crippen LogP contribution >= 0.6 is 0 Å². The van der Waals surface area contributed by atoms with Crippen molar-refractivity contribution in [2.75, 3.05) is 18.6 Å². The van der Waals surface area contributed by atoms with Crippen LogP contribution < -0.4 is 9.64 Å². The summed E-state index contributed by atoms with van der Waals surface area (Å²) < 4.78 is 5.33. The van der Waals surface area contributed by atoms with E-state index in [4.69, 9.17) is 4.74 Å². The zero-order valence-corrected chi connectivity index (χ0v) is 13.6. The summed E-state index contributed by atoms with van der Waals surface area (Å²) in [6.07, 6.45) is 1.00. The van der Waals surface area contributed by atoms with Crippen molar-refractivity contribution in [3.8, 4) is 11.8 Å². The average Bonchev–Trinajstić information content (AvgIpc) is 2.66. The molecule has 0 radical (unpaired) electrons. The maximum atomic E-state index is 9.34. The molecule has 0 saturated heterocycles. The summed E-state index contributed by atoms with van der Waals surface area (Å²) in [4.78, 5) is 2.40. The second-order valence-corrected chi connectivity index (χ2v) is 6.10. The van der Waals surface area contributed by atoms with Gasteiger partial charge in [0.15, 0.2) is 0 Å². The van der Waals surface area contributed by atoms with E-state index in [1.54, 1.807) is 7.11 Å². The van der Waals surface area contributed by atoms with E-state index in [1.165, 1.54) is 16.8 Å². The fourth-order valence-electron chi connectivity index (χ4n) is 3.52. The highest BCUT2D eigenvalue weighted by molar-refractivity contribution is 5.97. The lowest BCUT2D eigenvalue weighted by Crippen LogP contribution is -2.30. The topological polar surface area (TPSA) is 36.3 Å². The van der Waals surface area contributed by atoms with Gasteiger partial charge < -0.3 is 9.64 Å². The molecule has 1 aliphatic rings. The average molecular weight is 314 g/mol. The van der Waals surface area contributed by atoms with Gasteiger partial charge in [0, 0.05) is 29.5 Å². The Hall–Kier alpha value is -2.99. The van der Waals surface area contributed by atoms with Crippen LogP contribution in [0.1, 0.15) is 16.7 Å². The van der Waals surface area contributed by atoms with E-state index >= 15 is 0 Å². The molecule has 1 heterocycles. The highest BCUT2D eigenvalue weighted by atomic mass is 16.5. The molecule has 3 aromatic carbocycles. The van der Waals surface area contributed by atoms with Crippen LogP contribution in [0.2, 0.25) is 0 Å². The normalized spacial score (nSPS) is 13.4. The number of hydrogen-bond acceptors (Lipinski definition) is 3. The SMILES string of the molecule is COc1ccc2c(c1)CCN(c1ccc(C#N)c3ccccc13)C2. The van der Waals surface area contributed by atoms with E-state index in [0.29, 0.717) is 0 Å².